The second kappa shape index (κ2) is 10.1. The number of thioether (sulfide) groups is 1. The predicted molar refractivity (Wildman–Crippen MR) is 105 cm³/mol. The number of morpholine rings is 1. The molecule has 2 aliphatic heterocycles. The van der Waals surface area contributed by atoms with Crippen molar-refractivity contribution in [1.29, 1.82) is 0 Å². The smallest absolute Gasteiger partial charge is 0.191 e. The Balaban J connectivity index is 1.28. The van der Waals surface area contributed by atoms with Crippen molar-refractivity contribution in [2.75, 3.05) is 45.6 Å². The Morgan fingerprint density at radius 3 is 3.00 bits per heavy atom. The molecule has 0 radical (unpaired) electrons. The van der Waals surface area contributed by atoms with Gasteiger partial charge in [-0.2, -0.15) is 0 Å². The number of hydrogen-bond acceptors (Lipinski definition) is 4. The summed E-state index contributed by atoms with van der Waals surface area (Å²) in [5, 5.41) is 6.72. The number of nitrogens with one attached hydrogen (secondary N) is 2. The van der Waals surface area contributed by atoms with Gasteiger partial charge in [-0.3, -0.25) is 9.89 Å². The van der Waals surface area contributed by atoms with Crippen LogP contribution in [0.5, 0.6) is 0 Å². The van der Waals surface area contributed by atoms with Gasteiger partial charge in [0.2, 0.25) is 0 Å². The van der Waals surface area contributed by atoms with E-state index in [1.807, 2.05) is 12.1 Å². The summed E-state index contributed by atoms with van der Waals surface area (Å²) in [4.78, 5) is 7.94. The molecule has 1 aromatic carbocycles. The molecule has 2 aliphatic rings. The van der Waals surface area contributed by atoms with Crippen LogP contribution in [0.4, 0.5) is 4.39 Å². The standard InChI is InChI=1S/C19H29FN4OS/c1-21-19(22-9-3-11-26-18-7-5-15(20)6-8-18)23-12-17-13-24-10-2-4-16(24)14-25-17/h5-8,16-17H,2-4,9-14H2,1H3,(H2,21,22,23). The van der Waals surface area contributed by atoms with Crippen molar-refractivity contribution in [1.82, 2.24) is 15.5 Å². The Morgan fingerprint density at radius 2 is 2.19 bits per heavy atom. The Bertz CT molecular complexity index is 583. The Labute approximate surface area is 159 Å². The summed E-state index contributed by atoms with van der Waals surface area (Å²) in [5.41, 5.74) is 0. The Kier molecular flexibility index (Phi) is 7.58. The molecule has 5 nitrogen and oxygen atoms in total. The maximum absolute atomic E-state index is 12.9. The largest absolute Gasteiger partial charge is 0.373 e. The number of halogens is 1. The van der Waals surface area contributed by atoms with Gasteiger partial charge >= 0.3 is 0 Å². The zero-order valence-corrected chi connectivity index (χ0v) is 16.2. The minimum absolute atomic E-state index is 0.187. The highest BCUT2D eigenvalue weighted by molar-refractivity contribution is 7.99. The van der Waals surface area contributed by atoms with Crippen molar-refractivity contribution >= 4 is 17.7 Å². The average Bonchev–Trinajstić information content (AvgIpc) is 3.13. The third kappa shape index (κ3) is 5.86. The highest BCUT2D eigenvalue weighted by Gasteiger charge is 2.32. The molecule has 2 fully saturated rings. The molecule has 0 aliphatic carbocycles. The third-order valence-corrected chi connectivity index (χ3v) is 5.98. The molecule has 2 N–H and O–H groups in total. The van der Waals surface area contributed by atoms with Crippen LogP contribution in [0.2, 0.25) is 0 Å². The molecule has 0 amide bonds. The summed E-state index contributed by atoms with van der Waals surface area (Å²) in [6, 6.07) is 7.29. The van der Waals surface area contributed by atoms with Crippen molar-refractivity contribution in [3.63, 3.8) is 0 Å². The van der Waals surface area contributed by atoms with Gasteiger partial charge in [-0.25, -0.2) is 4.39 Å². The van der Waals surface area contributed by atoms with E-state index in [1.54, 1.807) is 18.8 Å². The number of ether oxygens (including phenoxy) is 1. The monoisotopic (exact) mass is 380 g/mol. The molecule has 2 heterocycles. The Hall–Kier alpha value is -1.31. The summed E-state index contributed by atoms with van der Waals surface area (Å²) in [7, 11) is 1.79. The van der Waals surface area contributed by atoms with Gasteiger partial charge in [-0.15, -0.1) is 11.8 Å². The molecule has 3 rings (SSSR count). The first-order valence-electron chi connectivity index (χ1n) is 9.43. The van der Waals surface area contributed by atoms with Crippen LogP contribution in [-0.2, 0) is 4.74 Å². The van der Waals surface area contributed by atoms with Gasteiger partial charge in [0.15, 0.2) is 5.96 Å². The van der Waals surface area contributed by atoms with Crippen LogP contribution < -0.4 is 10.6 Å². The molecule has 26 heavy (non-hydrogen) atoms. The molecule has 2 unspecified atom stereocenters. The lowest BCUT2D eigenvalue weighted by Gasteiger charge is -2.35. The topological polar surface area (TPSA) is 48.9 Å². The van der Waals surface area contributed by atoms with E-state index < -0.39 is 0 Å². The van der Waals surface area contributed by atoms with Crippen LogP contribution in [0.15, 0.2) is 34.2 Å². The van der Waals surface area contributed by atoms with Gasteiger partial charge in [-0.05, 0) is 55.8 Å². The zero-order chi connectivity index (χ0) is 18.2. The summed E-state index contributed by atoms with van der Waals surface area (Å²) < 4.78 is 18.8. The number of hydrogen-bond donors (Lipinski definition) is 2. The molecule has 2 saturated heterocycles. The highest BCUT2D eigenvalue weighted by Crippen LogP contribution is 2.22. The van der Waals surface area contributed by atoms with E-state index in [0.717, 1.165) is 49.3 Å². The minimum Gasteiger partial charge on any atom is -0.373 e. The molecule has 0 spiro atoms. The summed E-state index contributed by atoms with van der Waals surface area (Å²) in [5.74, 6) is 1.62. The summed E-state index contributed by atoms with van der Waals surface area (Å²) in [6.07, 6.45) is 3.82. The van der Waals surface area contributed by atoms with E-state index >= 15 is 0 Å². The number of benzene rings is 1. The van der Waals surface area contributed by atoms with Crippen LogP contribution in [0.3, 0.4) is 0 Å². The fourth-order valence-electron chi connectivity index (χ4n) is 3.44. The van der Waals surface area contributed by atoms with E-state index in [9.17, 15) is 4.39 Å². The molecule has 7 heteroatoms. The zero-order valence-electron chi connectivity index (χ0n) is 15.4. The first-order chi connectivity index (χ1) is 12.7. The number of rotatable bonds is 7. The molecule has 1 aromatic rings. The van der Waals surface area contributed by atoms with Gasteiger partial charge < -0.3 is 15.4 Å². The molecule has 0 aromatic heterocycles. The van der Waals surface area contributed by atoms with Crippen LogP contribution in [0, 0.1) is 5.82 Å². The maximum atomic E-state index is 12.9. The van der Waals surface area contributed by atoms with E-state index in [2.05, 4.69) is 20.5 Å². The molecule has 0 saturated carbocycles. The van der Waals surface area contributed by atoms with Gasteiger partial charge in [0, 0.05) is 37.6 Å². The van der Waals surface area contributed by atoms with E-state index in [4.69, 9.17) is 4.74 Å². The number of fused-ring (bicyclic) bond motifs is 1. The lowest BCUT2D eigenvalue weighted by molar-refractivity contribution is -0.0453. The molecule has 2 atom stereocenters. The van der Waals surface area contributed by atoms with Gasteiger partial charge in [0.05, 0.1) is 12.7 Å². The van der Waals surface area contributed by atoms with E-state index in [0.29, 0.717) is 6.04 Å². The van der Waals surface area contributed by atoms with Crippen molar-refractivity contribution in [3.05, 3.63) is 30.1 Å². The molecule has 0 bridgehead atoms. The maximum Gasteiger partial charge on any atom is 0.191 e. The minimum atomic E-state index is -0.187. The fourth-order valence-corrected chi connectivity index (χ4v) is 4.29. The fraction of sp³-hybridized carbons (Fsp3) is 0.632. The third-order valence-electron chi connectivity index (χ3n) is 4.88. The van der Waals surface area contributed by atoms with Crippen LogP contribution in [0.1, 0.15) is 19.3 Å². The lowest BCUT2D eigenvalue weighted by atomic mass is 10.2. The average molecular weight is 381 g/mol. The van der Waals surface area contributed by atoms with Crippen molar-refractivity contribution in [2.24, 2.45) is 4.99 Å². The van der Waals surface area contributed by atoms with Gasteiger partial charge in [0.1, 0.15) is 5.82 Å². The number of aliphatic imine (C=N–C) groups is 1. The summed E-state index contributed by atoms with van der Waals surface area (Å²) in [6.45, 7) is 4.73. The predicted octanol–water partition coefficient (Wildman–Crippen LogP) is 2.34. The first kappa shape index (κ1) is 19.5. The molecular weight excluding hydrogens is 351 g/mol. The Morgan fingerprint density at radius 1 is 1.35 bits per heavy atom. The normalized spacial score (nSPS) is 23.7. The molecule has 144 valence electrons. The van der Waals surface area contributed by atoms with Crippen molar-refractivity contribution < 1.29 is 9.13 Å². The first-order valence-corrected chi connectivity index (χ1v) is 10.4. The molecular formula is C19H29FN4OS. The number of guanidine groups is 1. The van der Waals surface area contributed by atoms with Gasteiger partial charge in [0.25, 0.3) is 0 Å². The second-order valence-corrected chi connectivity index (χ2v) is 7.95. The van der Waals surface area contributed by atoms with Crippen molar-refractivity contribution in [2.45, 2.75) is 36.3 Å². The SMILES string of the molecule is CN=C(NCCCSc1ccc(F)cc1)NCC1CN2CCCC2CO1. The van der Waals surface area contributed by atoms with Gasteiger partial charge in [-0.1, -0.05) is 0 Å². The van der Waals surface area contributed by atoms with E-state index in [1.165, 1.54) is 31.5 Å². The van der Waals surface area contributed by atoms with Crippen LogP contribution >= 0.6 is 11.8 Å². The lowest BCUT2D eigenvalue weighted by Crippen LogP contribution is -2.51. The second-order valence-electron chi connectivity index (χ2n) is 6.78. The van der Waals surface area contributed by atoms with Crippen LogP contribution in [-0.4, -0.2) is 68.6 Å². The highest BCUT2D eigenvalue weighted by atomic mass is 32.2. The van der Waals surface area contributed by atoms with Crippen molar-refractivity contribution in [3.8, 4) is 0 Å². The summed E-state index contributed by atoms with van der Waals surface area (Å²) >= 11 is 1.74. The quantitative estimate of drug-likeness (QED) is 0.329. The number of nitrogens with zero attached hydrogens (tertiary/aromatic N) is 2. The van der Waals surface area contributed by atoms with Crippen LogP contribution in [0.25, 0.3) is 0 Å². The van der Waals surface area contributed by atoms with E-state index in [-0.39, 0.29) is 11.9 Å².